The van der Waals surface area contributed by atoms with Crippen molar-refractivity contribution in [2.45, 2.75) is 26.3 Å². The molecule has 2 aromatic carbocycles. The van der Waals surface area contributed by atoms with Gasteiger partial charge in [-0.15, -0.1) is 0 Å². The van der Waals surface area contributed by atoms with E-state index in [0.29, 0.717) is 36.3 Å². The summed E-state index contributed by atoms with van der Waals surface area (Å²) in [5.41, 5.74) is 2.47. The first-order valence-electron chi connectivity index (χ1n) is 12.0. The van der Waals surface area contributed by atoms with E-state index in [2.05, 4.69) is 20.8 Å². The van der Waals surface area contributed by atoms with E-state index < -0.39 is 30.3 Å². The molecule has 3 aromatic rings. The number of aliphatic hydroxyl groups excluding tert-OH is 1. The average molecular weight is 514 g/mol. The Labute approximate surface area is 212 Å². The van der Waals surface area contributed by atoms with E-state index in [1.807, 2.05) is 13.8 Å². The van der Waals surface area contributed by atoms with Gasteiger partial charge in [-0.3, -0.25) is 14.8 Å². The molecule has 11 heteroatoms. The number of H-pyrrole nitrogens is 1. The summed E-state index contributed by atoms with van der Waals surface area (Å²) in [6, 6.07) is 5.21. The summed E-state index contributed by atoms with van der Waals surface area (Å²) in [4.78, 5) is 26.4. The number of halogens is 2. The van der Waals surface area contributed by atoms with Gasteiger partial charge in [0.1, 0.15) is 17.4 Å². The third kappa shape index (κ3) is 6.23. The maximum absolute atomic E-state index is 14.8. The van der Waals surface area contributed by atoms with Gasteiger partial charge in [-0.25, -0.2) is 13.6 Å². The van der Waals surface area contributed by atoms with Crippen LogP contribution in [0, 0.1) is 17.6 Å². The molecule has 4 N–H and O–H groups in total. The lowest BCUT2D eigenvalue weighted by atomic mass is 10.0. The second kappa shape index (κ2) is 11.4. The quantitative estimate of drug-likeness (QED) is 0.350. The fourth-order valence-corrected chi connectivity index (χ4v) is 4.09. The molecular formula is C26H29F2N5O4. The molecule has 37 heavy (non-hydrogen) atoms. The van der Waals surface area contributed by atoms with Gasteiger partial charge < -0.3 is 20.5 Å². The summed E-state index contributed by atoms with van der Waals surface area (Å²) < 4.78 is 34.5. The zero-order chi connectivity index (χ0) is 26.5. The third-order valence-electron chi connectivity index (χ3n) is 5.97. The molecule has 0 spiro atoms. The fraction of sp³-hybridized carbons (Fsp3) is 0.346. The molecule has 1 aliphatic heterocycles. The highest BCUT2D eigenvalue weighted by Crippen LogP contribution is 2.34. The van der Waals surface area contributed by atoms with Gasteiger partial charge in [0.25, 0.3) is 5.91 Å². The molecule has 196 valence electrons. The number of fused-ring (bicyclic) bond motifs is 1. The molecule has 0 aliphatic carbocycles. The van der Waals surface area contributed by atoms with Crippen molar-refractivity contribution >= 4 is 17.6 Å². The van der Waals surface area contributed by atoms with E-state index in [1.165, 1.54) is 29.3 Å². The Morgan fingerprint density at radius 3 is 2.73 bits per heavy atom. The standard InChI is InChI=1S/C26H29F2N5O4/c1-15(2)10-29-25(35)14-37-20-6-17(5-19(27)8-20)23(13-34)32-26(36)33-4-3-16-7-21(18-11-30-31-12-18)22(28)9-24(16)33/h5-9,11-12,15,23,34H,3-4,10,13-14H2,1-2H3,(H,29,35)(H,30,31)(H,32,36)/t23-/m1/s1. The van der Waals surface area contributed by atoms with Crippen LogP contribution >= 0.6 is 0 Å². The number of carbonyl (C=O) groups excluding carboxylic acids is 2. The number of carbonyl (C=O) groups is 2. The SMILES string of the molecule is CC(C)CNC(=O)COc1cc(F)cc([C@@H](CO)NC(=O)N2CCc3cc(-c4cn[nH]c4)c(F)cc32)c1. The molecule has 0 radical (unpaired) electrons. The van der Waals surface area contributed by atoms with Gasteiger partial charge >= 0.3 is 6.03 Å². The maximum atomic E-state index is 14.8. The molecule has 0 saturated heterocycles. The lowest BCUT2D eigenvalue weighted by Gasteiger charge is -2.23. The Bertz CT molecular complexity index is 1270. The smallest absolute Gasteiger partial charge is 0.322 e. The third-order valence-corrected chi connectivity index (χ3v) is 5.97. The Balaban J connectivity index is 1.45. The predicted molar refractivity (Wildman–Crippen MR) is 133 cm³/mol. The number of nitrogens with zero attached hydrogens (tertiary/aromatic N) is 2. The molecule has 2 heterocycles. The predicted octanol–water partition coefficient (Wildman–Crippen LogP) is 3.31. The van der Waals surface area contributed by atoms with Crippen LogP contribution in [-0.2, 0) is 11.2 Å². The minimum absolute atomic E-state index is 0.0859. The zero-order valence-corrected chi connectivity index (χ0v) is 20.6. The average Bonchev–Trinajstić information content (AvgIpc) is 3.54. The van der Waals surface area contributed by atoms with E-state index in [0.717, 1.165) is 11.6 Å². The lowest BCUT2D eigenvalue weighted by molar-refractivity contribution is -0.123. The molecular weight excluding hydrogens is 484 g/mol. The van der Waals surface area contributed by atoms with Crippen LogP contribution in [0.3, 0.4) is 0 Å². The Morgan fingerprint density at radius 2 is 2.03 bits per heavy atom. The number of hydrogen-bond donors (Lipinski definition) is 4. The maximum Gasteiger partial charge on any atom is 0.322 e. The summed E-state index contributed by atoms with van der Waals surface area (Å²) in [5.74, 6) is -1.13. The minimum Gasteiger partial charge on any atom is -0.484 e. The number of aliphatic hydroxyl groups is 1. The van der Waals surface area contributed by atoms with Crippen molar-refractivity contribution in [1.29, 1.82) is 0 Å². The van der Waals surface area contributed by atoms with Gasteiger partial charge in [0.15, 0.2) is 6.61 Å². The highest BCUT2D eigenvalue weighted by molar-refractivity contribution is 5.95. The monoisotopic (exact) mass is 513 g/mol. The summed E-state index contributed by atoms with van der Waals surface area (Å²) >= 11 is 0. The second-order valence-corrected chi connectivity index (χ2v) is 9.24. The number of nitrogens with one attached hydrogen (secondary N) is 3. The summed E-state index contributed by atoms with van der Waals surface area (Å²) in [5, 5.41) is 21.8. The Morgan fingerprint density at radius 1 is 1.22 bits per heavy atom. The number of hydrogen-bond acceptors (Lipinski definition) is 5. The van der Waals surface area contributed by atoms with Gasteiger partial charge in [-0.05, 0) is 47.7 Å². The molecule has 9 nitrogen and oxygen atoms in total. The molecule has 1 aromatic heterocycles. The van der Waals surface area contributed by atoms with Crippen molar-refractivity contribution in [3.8, 4) is 16.9 Å². The van der Waals surface area contributed by atoms with Crippen molar-refractivity contribution in [3.05, 3.63) is 65.5 Å². The van der Waals surface area contributed by atoms with E-state index in [4.69, 9.17) is 4.74 Å². The van der Waals surface area contributed by atoms with Crippen LogP contribution in [0.15, 0.2) is 42.7 Å². The summed E-state index contributed by atoms with van der Waals surface area (Å²) in [6.07, 6.45) is 3.63. The fourth-order valence-electron chi connectivity index (χ4n) is 4.09. The van der Waals surface area contributed by atoms with Gasteiger partial charge in [0.05, 0.1) is 24.5 Å². The number of ether oxygens (including phenoxy) is 1. The minimum atomic E-state index is -0.959. The topological polar surface area (TPSA) is 120 Å². The zero-order valence-electron chi connectivity index (χ0n) is 20.6. The first-order valence-corrected chi connectivity index (χ1v) is 12.0. The van der Waals surface area contributed by atoms with Crippen LogP contribution in [0.4, 0.5) is 19.3 Å². The Hall–Kier alpha value is -3.99. The number of urea groups is 1. The normalized spacial score (nSPS) is 13.4. The summed E-state index contributed by atoms with van der Waals surface area (Å²) in [7, 11) is 0. The van der Waals surface area contributed by atoms with Crippen LogP contribution in [0.1, 0.15) is 31.0 Å². The number of aromatic nitrogens is 2. The molecule has 0 bridgehead atoms. The van der Waals surface area contributed by atoms with Gasteiger partial charge in [0, 0.05) is 36.5 Å². The van der Waals surface area contributed by atoms with Gasteiger partial charge in [0.2, 0.25) is 0 Å². The molecule has 1 atom stereocenters. The van der Waals surface area contributed by atoms with Crippen LogP contribution in [0.5, 0.6) is 5.75 Å². The molecule has 0 saturated carbocycles. The first-order chi connectivity index (χ1) is 17.7. The van der Waals surface area contributed by atoms with Crippen molar-refractivity contribution in [3.63, 3.8) is 0 Å². The molecule has 3 amide bonds. The van der Waals surface area contributed by atoms with Crippen molar-refractivity contribution < 1.29 is 28.2 Å². The van der Waals surface area contributed by atoms with E-state index >= 15 is 0 Å². The largest absolute Gasteiger partial charge is 0.484 e. The second-order valence-electron chi connectivity index (χ2n) is 9.24. The van der Waals surface area contributed by atoms with Gasteiger partial charge in [-0.1, -0.05) is 13.8 Å². The van der Waals surface area contributed by atoms with Crippen molar-refractivity contribution in [2.24, 2.45) is 5.92 Å². The number of aromatic amines is 1. The van der Waals surface area contributed by atoms with E-state index in [1.54, 1.807) is 12.3 Å². The van der Waals surface area contributed by atoms with Crippen molar-refractivity contribution in [2.75, 3.05) is 31.2 Å². The van der Waals surface area contributed by atoms with Crippen molar-refractivity contribution in [1.82, 2.24) is 20.8 Å². The molecule has 4 rings (SSSR count). The highest BCUT2D eigenvalue weighted by Gasteiger charge is 2.28. The molecule has 1 aliphatic rings. The van der Waals surface area contributed by atoms with Gasteiger partial charge in [-0.2, -0.15) is 5.10 Å². The number of benzene rings is 2. The van der Waals surface area contributed by atoms with Crippen LogP contribution in [0.25, 0.3) is 11.1 Å². The van der Waals surface area contributed by atoms with Crippen LogP contribution in [-0.4, -0.2) is 53.5 Å². The number of amides is 3. The van der Waals surface area contributed by atoms with E-state index in [-0.39, 0.29) is 29.7 Å². The number of anilines is 1. The Kier molecular flexibility index (Phi) is 8.02. The first kappa shape index (κ1) is 26.1. The molecule has 0 unspecified atom stereocenters. The number of rotatable bonds is 9. The van der Waals surface area contributed by atoms with Crippen LogP contribution in [0.2, 0.25) is 0 Å². The lowest BCUT2D eigenvalue weighted by Crippen LogP contribution is -2.42. The van der Waals surface area contributed by atoms with E-state index in [9.17, 15) is 23.5 Å². The highest BCUT2D eigenvalue weighted by atomic mass is 19.1. The van der Waals surface area contributed by atoms with Crippen LogP contribution < -0.4 is 20.3 Å². The summed E-state index contributed by atoms with van der Waals surface area (Å²) in [6.45, 7) is 3.90. The molecule has 0 fully saturated rings.